The van der Waals surface area contributed by atoms with Crippen molar-refractivity contribution in [2.24, 2.45) is 7.05 Å². The molecule has 0 atom stereocenters. The Morgan fingerprint density at radius 1 is 1.50 bits per heavy atom. The Hall–Kier alpha value is -1.58. The van der Waals surface area contributed by atoms with E-state index in [1.165, 1.54) is 5.57 Å². The summed E-state index contributed by atoms with van der Waals surface area (Å²) in [7, 11) is 1.86. The molecule has 0 bridgehead atoms. The van der Waals surface area contributed by atoms with E-state index >= 15 is 0 Å². The van der Waals surface area contributed by atoms with Crippen LogP contribution in [0.3, 0.4) is 0 Å². The number of aromatic nitrogens is 2. The molecule has 14 heavy (non-hydrogen) atoms. The normalized spacial score (nSPS) is 15.6. The molecule has 2 rings (SSSR count). The van der Waals surface area contributed by atoms with E-state index in [1.807, 2.05) is 14.0 Å². The van der Waals surface area contributed by atoms with Gasteiger partial charge in [0.25, 0.3) is 0 Å². The fourth-order valence-corrected chi connectivity index (χ4v) is 1.82. The van der Waals surface area contributed by atoms with Crippen LogP contribution in [0.4, 0.5) is 5.82 Å². The van der Waals surface area contributed by atoms with Crippen LogP contribution in [0.5, 0.6) is 0 Å². The second-order valence-corrected chi connectivity index (χ2v) is 3.67. The highest BCUT2D eigenvalue weighted by atomic mass is 16.1. The lowest BCUT2D eigenvalue weighted by atomic mass is 10.1. The summed E-state index contributed by atoms with van der Waals surface area (Å²) in [6, 6.07) is 0. The van der Waals surface area contributed by atoms with Crippen molar-refractivity contribution < 1.29 is 4.79 Å². The van der Waals surface area contributed by atoms with E-state index in [2.05, 4.69) is 16.6 Å². The third-order valence-corrected chi connectivity index (χ3v) is 2.48. The van der Waals surface area contributed by atoms with Crippen molar-refractivity contribution in [2.75, 3.05) is 18.0 Å². The van der Waals surface area contributed by atoms with E-state index < -0.39 is 0 Å². The van der Waals surface area contributed by atoms with Gasteiger partial charge in [0.1, 0.15) is 5.82 Å². The van der Waals surface area contributed by atoms with Gasteiger partial charge in [0.15, 0.2) is 6.29 Å². The predicted octanol–water partition coefficient (Wildman–Crippen LogP) is 0.917. The molecule has 0 spiro atoms. The lowest BCUT2D eigenvalue weighted by Gasteiger charge is -2.35. The van der Waals surface area contributed by atoms with Crippen LogP contribution >= 0.6 is 0 Å². The third kappa shape index (κ3) is 1.14. The van der Waals surface area contributed by atoms with Crippen LogP contribution in [0, 0.1) is 6.92 Å². The van der Waals surface area contributed by atoms with Crippen molar-refractivity contribution >= 4 is 12.1 Å². The molecular formula is C10H13N3O. The number of hydrogen-bond acceptors (Lipinski definition) is 3. The molecule has 74 valence electrons. The first kappa shape index (κ1) is 8.99. The van der Waals surface area contributed by atoms with Gasteiger partial charge >= 0.3 is 0 Å². The van der Waals surface area contributed by atoms with Gasteiger partial charge < -0.3 is 4.90 Å². The summed E-state index contributed by atoms with van der Waals surface area (Å²) in [4.78, 5) is 13.0. The summed E-state index contributed by atoms with van der Waals surface area (Å²) in [5.41, 5.74) is 2.68. The van der Waals surface area contributed by atoms with Gasteiger partial charge in [-0.15, -0.1) is 0 Å². The van der Waals surface area contributed by atoms with Crippen LogP contribution in [0.2, 0.25) is 0 Å². The second-order valence-electron chi connectivity index (χ2n) is 3.67. The lowest BCUT2D eigenvalue weighted by molar-refractivity contribution is 0.112. The molecule has 1 aliphatic rings. The number of hydrogen-bond donors (Lipinski definition) is 0. The maximum Gasteiger partial charge on any atom is 0.155 e. The smallest absolute Gasteiger partial charge is 0.155 e. The van der Waals surface area contributed by atoms with Gasteiger partial charge in [-0.1, -0.05) is 6.58 Å². The monoisotopic (exact) mass is 191 g/mol. The first-order valence-electron chi connectivity index (χ1n) is 4.54. The Kier molecular flexibility index (Phi) is 1.91. The molecule has 1 aromatic heterocycles. The van der Waals surface area contributed by atoms with Crippen LogP contribution in [0.15, 0.2) is 12.2 Å². The Morgan fingerprint density at radius 3 is 2.64 bits per heavy atom. The van der Waals surface area contributed by atoms with E-state index in [4.69, 9.17) is 0 Å². The third-order valence-electron chi connectivity index (χ3n) is 2.48. The molecule has 4 nitrogen and oxygen atoms in total. The zero-order valence-electron chi connectivity index (χ0n) is 8.45. The molecular weight excluding hydrogens is 178 g/mol. The Balaban J connectivity index is 2.40. The number of rotatable bonds is 2. The van der Waals surface area contributed by atoms with E-state index in [-0.39, 0.29) is 0 Å². The van der Waals surface area contributed by atoms with E-state index in [1.54, 1.807) is 4.68 Å². The average Bonchev–Trinajstić information content (AvgIpc) is 2.35. The van der Waals surface area contributed by atoms with Crippen LogP contribution in [0.25, 0.3) is 0 Å². The van der Waals surface area contributed by atoms with Crippen molar-refractivity contribution in [1.82, 2.24) is 9.78 Å². The number of nitrogens with zero attached hydrogens (tertiary/aromatic N) is 3. The minimum absolute atomic E-state index is 0.694. The van der Waals surface area contributed by atoms with Gasteiger partial charge in [-0.2, -0.15) is 5.10 Å². The van der Waals surface area contributed by atoms with Crippen molar-refractivity contribution in [1.29, 1.82) is 0 Å². The van der Waals surface area contributed by atoms with Crippen molar-refractivity contribution in [2.45, 2.75) is 6.92 Å². The average molecular weight is 191 g/mol. The van der Waals surface area contributed by atoms with Gasteiger partial charge in [0.05, 0.1) is 11.3 Å². The zero-order chi connectivity index (χ0) is 10.3. The van der Waals surface area contributed by atoms with Gasteiger partial charge in [-0.05, 0) is 12.5 Å². The molecule has 1 aromatic rings. The topological polar surface area (TPSA) is 38.1 Å². The molecule has 0 amide bonds. The highest BCUT2D eigenvalue weighted by molar-refractivity contribution is 5.85. The van der Waals surface area contributed by atoms with Gasteiger partial charge in [-0.25, -0.2) is 0 Å². The standard InChI is InChI=1S/C10H13N3O/c1-7-4-13(5-7)10-9(6-14)8(2)11-12(10)3/h6H,1,4-5H2,2-3H3. The molecule has 0 unspecified atom stereocenters. The fourth-order valence-electron chi connectivity index (χ4n) is 1.82. The number of aryl methyl sites for hydroxylation is 2. The molecule has 4 heteroatoms. The van der Waals surface area contributed by atoms with Crippen molar-refractivity contribution in [3.05, 3.63) is 23.4 Å². The molecule has 1 saturated heterocycles. The highest BCUT2D eigenvalue weighted by Crippen LogP contribution is 2.27. The predicted molar refractivity (Wildman–Crippen MR) is 54.7 cm³/mol. The summed E-state index contributed by atoms with van der Waals surface area (Å²) in [6.45, 7) is 7.38. The summed E-state index contributed by atoms with van der Waals surface area (Å²) in [5.74, 6) is 0.907. The SMILES string of the molecule is C=C1CN(c2c(C=O)c(C)nn2C)C1. The maximum absolute atomic E-state index is 10.9. The summed E-state index contributed by atoms with van der Waals surface area (Å²) < 4.78 is 1.76. The number of aldehydes is 1. The van der Waals surface area contributed by atoms with Crippen LogP contribution in [-0.4, -0.2) is 29.2 Å². The lowest BCUT2D eigenvalue weighted by Crippen LogP contribution is -2.41. The van der Waals surface area contributed by atoms with Crippen molar-refractivity contribution in [3.8, 4) is 0 Å². The van der Waals surface area contributed by atoms with Crippen LogP contribution in [-0.2, 0) is 7.05 Å². The number of carbonyl (C=O) groups is 1. The van der Waals surface area contributed by atoms with Gasteiger partial charge in [0, 0.05) is 20.1 Å². The first-order chi connectivity index (χ1) is 6.63. The Bertz CT molecular complexity index is 398. The Labute approximate surface area is 82.8 Å². The minimum atomic E-state index is 0.694. The van der Waals surface area contributed by atoms with E-state index in [0.29, 0.717) is 5.56 Å². The molecule has 1 aliphatic heterocycles. The Morgan fingerprint density at radius 2 is 2.14 bits per heavy atom. The highest BCUT2D eigenvalue weighted by Gasteiger charge is 2.25. The maximum atomic E-state index is 10.9. The number of carbonyl (C=O) groups excluding carboxylic acids is 1. The first-order valence-corrected chi connectivity index (χ1v) is 4.54. The zero-order valence-corrected chi connectivity index (χ0v) is 8.45. The molecule has 1 fully saturated rings. The van der Waals surface area contributed by atoms with Crippen LogP contribution in [0.1, 0.15) is 16.1 Å². The summed E-state index contributed by atoms with van der Waals surface area (Å²) >= 11 is 0. The number of anilines is 1. The quantitative estimate of drug-likeness (QED) is 0.515. The summed E-state index contributed by atoms with van der Waals surface area (Å²) in [6.07, 6.45) is 0.874. The van der Waals surface area contributed by atoms with Gasteiger partial charge in [0.2, 0.25) is 0 Å². The molecule has 0 aliphatic carbocycles. The molecule has 0 aromatic carbocycles. The molecule has 0 N–H and O–H groups in total. The van der Waals surface area contributed by atoms with E-state index in [9.17, 15) is 4.79 Å². The largest absolute Gasteiger partial charge is 0.348 e. The van der Waals surface area contributed by atoms with Gasteiger partial charge in [-0.3, -0.25) is 9.48 Å². The van der Waals surface area contributed by atoms with Crippen LogP contribution < -0.4 is 4.90 Å². The summed E-state index contributed by atoms with van der Waals surface area (Å²) in [5, 5.41) is 4.22. The van der Waals surface area contributed by atoms with Crippen molar-refractivity contribution in [3.63, 3.8) is 0 Å². The van der Waals surface area contributed by atoms with E-state index in [0.717, 1.165) is 30.9 Å². The molecule has 2 heterocycles. The molecule has 0 radical (unpaired) electrons. The fraction of sp³-hybridized carbons (Fsp3) is 0.400. The molecule has 0 saturated carbocycles. The minimum Gasteiger partial charge on any atom is -0.348 e. The second kappa shape index (κ2) is 2.97.